The van der Waals surface area contributed by atoms with Crippen LogP contribution in [0.25, 0.3) is 0 Å². The SMILES string of the molecule is CCCCS(=O)(=O)N1CCc2nc(NC(C)=O)sc2C1. The Hall–Kier alpha value is -0.990. The number of sulfonamides is 1. The highest BCUT2D eigenvalue weighted by Gasteiger charge is 2.28. The van der Waals surface area contributed by atoms with Crippen LogP contribution in [0.5, 0.6) is 0 Å². The predicted molar refractivity (Wildman–Crippen MR) is 79.2 cm³/mol. The highest BCUT2D eigenvalue weighted by Crippen LogP contribution is 2.29. The molecule has 1 aliphatic rings. The largest absolute Gasteiger partial charge is 0.302 e. The molecule has 0 aromatic carbocycles. The highest BCUT2D eigenvalue weighted by atomic mass is 32.2. The van der Waals surface area contributed by atoms with E-state index in [4.69, 9.17) is 0 Å². The summed E-state index contributed by atoms with van der Waals surface area (Å²) in [5.41, 5.74) is 0.903. The van der Waals surface area contributed by atoms with Gasteiger partial charge in [-0.2, -0.15) is 4.31 Å². The van der Waals surface area contributed by atoms with Crippen molar-refractivity contribution in [1.29, 1.82) is 0 Å². The van der Waals surface area contributed by atoms with E-state index in [1.807, 2.05) is 6.92 Å². The van der Waals surface area contributed by atoms with Crippen LogP contribution in [0.15, 0.2) is 0 Å². The maximum Gasteiger partial charge on any atom is 0.223 e. The molecular weight excluding hydrogens is 298 g/mol. The second-order valence-corrected chi connectivity index (χ2v) is 8.00. The van der Waals surface area contributed by atoms with Gasteiger partial charge in [0.25, 0.3) is 0 Å². The molecule has 0 fully saturated rings. The quantitative estimate of drug-likeness (QED) is 0.894. The maximum atomic E-state index is 12.2. The Bertz CT molecular complexity index is 595. The van der Waals surface area contributed by atoms with E-state index in [0.29, 0.717) is 31.1 Å². The standard InChI is InChI=1S/C12H19N3O3S2/c1-3-4-7-20(17,18)15-6-5-10-11(8-15)19-12(14-10)13-9(2)16/h3-8H2,1-2H3,(H,13,14,16). The lowest BCUT2D eigenvalue weighted by Crippen LogP contribution is -2.37. The van der Waals surface area contributed by atoms with Crippen LogP contribution in [0, 0.1) is 0 Å². The van der Waals surface area contributed by atoms with E-state index in [-0.39, 0.29) is 11.7 Å². The zero-order chi connectivity index (χ0) is 14.8. The Labute approximate surface area is 123 Å². The summed E-state index contributed by atoms with van der Waals surface area (Å²) in [5, 5.41) is 3.20. The van der Waals surface area contributed by atoms with E-state index in [9.17, 15) is 13.2 Å². The summed E-state index contributed by atoms with van der Waals surface area (Å²) in [6, 6.07) is 0. The van der Waals surface area contributed by atoms with Crippen molar-refractivity contribution in [3.8, 4) is 0 Å². The van der Waals surface area contributed by atoms with Crippen LogP contribution in [-0.4, -0.2) is 35.9 Å². The average Bonchev–Trinajstić information content (AvgIpc) is 2.76. The van der Waals surface area contributed by atoms with Crippen LogP contribution < -0.4 is 5.32 Å². The minimum Gasteiger partial charge on any atom is -0.302 e. The lowest BCUT2D eigenvalue weighted by molar-refractivity contribution is -0.114. The van der Waals surface area contributed by atoms with Crippen molar-refractivity contribution in [3.05, 3.63) is 10.6 Å². The number of carbonyl (C=O) groups excluding carboxylic acids is 1. The van der Waals surface area contributed by atoms with Crippen molar-refractivity contribution in [1.82, 2.24) is 9.29 Å². The van der Waals surface area contributed by atoms with Gasteiger partial charge in [0.1, 0.15) is 0 Å². The van der Waals surface area contributed by atoms with E-state index in [0.717, 1.165) is 17.0 Å². The van der Waals surface area contributed by atoms with Crippen LogP contribution in [0.2, 0.25) is 0 Å². The molecule has 2 rings (SSSR count). The fourth-order valence-corrected chi connectivity index (χ4v) is 4.83. The Kier molecular flexibility index (Phi) is 4.77. The minimum absolute atomic E-state index is 0.163. The van der Waals surface area contributed by atoms with Gasteiger partial charge in [0.15, 0.2) is 5.13 Å². The predicted octanol–water partition coefficient (Wildman–Crippen LogP) is 1.59. The van der Waals surface area contributed by atoms with Gasteiger partial charge < -0.3 is 5.32 Å². The number of carbonyl (C=O) groups is 1. The zero-order valence-electron chi connectivity index (χ0n) is 11.7. The van der Waals surface area contributed by atoms with Crippen molar-refractivity contribution in [2.45, 2.75) is 39.7 Å². The summed E-state index contributed by atoms with van der Waals surface area (Å²) < 4.78 is 25.9. The second-order valence-electron chi connectivity index (χ2n) is 4.82. The van der Waals surface area contributed by atoms with E-state index < -0.39 is 10.0 Å². The topological polar surface area (TPSA) is 79.4 Å². The van der Waals surface area contributed by atoms with Gasteiger partial charge in [0.05, 0.1) is 11.4 Å². The molecule has 1 amide bonds. The first-order valence-corrected chi connectivity index (χ1v) is 9.09. The molecule has 0 saturated carbocycles. The van der Waals surface area contributed by atoms with Crippen LogP contribution in [0.1, 0.15) is 37.3 Å². The molecule has 6 nitrogen and oxygen atoms in total. The summed E-state index contributed by atoms with van der Waals surface area (Å²) in [6.45, 7) is 4.26. The van der Waals surface area contributed by atoms with Crippen molar-refractivity contribution in [3.63, 3.8) is 0 Å². The average molecular weight is 317 g/mol. The molecule has 1 aromatic rings. The van der Waals surface area contributed by atoms with E-state index in [1.54, 1.807) is 0 Å². The highest BCUT2D eigenvalue weighted by molar-refractivity contribution is 7.89. The summed E-state index contributed by atoms with van der Waals surface area (Å²) in [6.07, 6.45) is 2.16. The number of unbranched alkanes of at least 4 members (excludes halogenated alkanes) is 1. The number of hydrogen-bond donors (Lipinski definition) is 1. The van der Waals surface area contributed by atoms with Gasteiger partial charge in [-0.25, -0.2) is 13.4 Å². The zero-order valence-corrected chi connectivity index (χ0v) is 13.3. The first-order valence-electron chi connectivity index (χ1n) is 6.66. The van der Waals surface area contributed by atoms with Gasteiger partial charge in [-0.1, -0.05) is 13.3 Å². The molecule has 0 atom stereocenters. The van der Waals surface area contributed by atoms with Gasteiger partial charge in [-0.3, -0.25) is 4.79 Å². The summed E-state index contributed by atoms with van der Waals surface area (Å²) in [4.78, 5) is 16.3. The normalized spacial score (nSPS) is 15.9. The summed E-state index contributed by atoms with van der Waals surface area (Å²) in [5.74, 6) is 0.0411. The molecule has 1 N–H and O–H groups in total. The van der Waals surface area contributed by atoms with Crippen LogP contribution in [0.3, 0.4) is 0 Å². The molecule has 20 heavy (non-hydrogen) atoms. The fraction of sp³-hybridized carbons (Fsp3) is 0.667. The molecule has 0 saturated heterocycles. The van der Waals surface area contributed by atoms with E-state index in [2.05, 4.69) is 10.3 Å². The second kappa shape index (κ2) is 6.19. The van der Waals surface area contributed by atoms with Gasteiger partial charge in [-0.05, 0) is 6.42 Å². The van der Waals surface area contributed by atoms with Crippen molar-refractivity contribution < 1.29 is 13.2 Å². The summed E-state index contributed by atoms with van der Waals surface area (Å²) in [7, 11) is -3.18. The molecule has 8 heteroatoms. The third kappa shape index (κ3) is 3.56. The molecule has 112 valence electrons. The monoisotopic (exact) mass is 317 g/mol. The van der Waals surface area contributed by atoms with Crippen molar-refractivity contribution in [2.75, 3.05) is 17.6 Å². The number of nitrogens with one attached hydrogen (secondary N) is 1. The number of thiazole rings is 1. The molecule has 0 radical (unpaired) electrons. The lowest BCUT2D eigenvalue weighted by Gasteiger charge is -2.25. The number of nitrogens with zero attached hydrogens (tertiary/aromatic N) is 2. The fourth-order valence-electron chi connectivity index (χ4n) is 2.07. The van der Waals surface area contributed by atoms with Crippen LogP contribution in [-0.2, 0) is 27.8 Å². The smallest absolute Gasteiger partial charge is 0.223 e. The van der Waals surface area contributed by atoms with Crippen molar-refractivity contribution in [2.24, 2.45) is 0 Å². The number of hydrogen-bond acceptors (Lipinski definition) is 5. The van der Waals surface area contributed by atoms with Crippen molar-refractivity contribution >= 4 is 32.4 Å². The first-order chi connectivity index (χ1) is 9.42. The third-order valence-electron chi connectivity index (χ3n) is 3.13. The molecule has 0 bridgehead atoms. The van der Waals surface area contributed by atoms with Gasteiger partial charge in [0, 0.05) is 31.3 Å². The number of anilines is 1. The van der Waals surface area contributed by atoms with Gasteiger partial charge in [-0.15, -0.1) is 11.3 Å². The number of aromatic nitrogens is 1. The molecule has 0 unspecified atom stereocenters. The lowest BCUT2D eigenvalue weighted by atomic mass is 10.2. The van der Waals surface area contributed by atoms with E-state index in [1.165, 1.54) is 22.6 Å². The Morgan fingerprint density at radius 2 is 2.25 bits per heavy atom. The van der Waals surface area contributed by atoms with Crippen LogP contribution in [0.4, 0.5) is 5.13 Å². The van der Waals surface area contributed by atoms with Crippen LogP contribution >= 0.6 is 11.3 Å². The van der Waals surface area contributed by atoms with E-state index >= 15 is 0 Å². The molecule has 0 aliphatic carbocycles. The molecular formula is C12H19N3O3S2. The molecule has 0 spiro atoms. The third-order valence-corrected chi connectivity index (χ3v) is 6.03. The number of fused-ring (bicyclic) bond motifs is 1. The van der Waals surface area contributed by atoms with Gasteiger partial charge in [0.2, 0.25) is 15.9 Å². The number of rotatable bonds is 5. The molecule has 1 aliphatic heterocycles. The Balaban J connectivity index is 2.10. The minimum atomic E-state index is -3.18. The Morgan fingerprint density at radius 1 is 1.50 bits per heavy atom. The number of amides is 1. The molecule has 2 heterocycles. The molecule has 1 aromatic heterocycles. The van der Waals surface area contributed by atoms with Gasteiger partial charge >= 0.3 is 0 Å². The Morgan fingerprint density at radius 3 is 2.90 bits per heavy atom. The summed E-state index contributed by atoms with van der Waals surface area (Å²) >= 11 is 1.36. The first kappa shape index (κ1) is 15.4. The maximum absolute atomic E-state index is 12.2.